The number of furan rings is 1. The van der Waals surface area contributed by atoms with Crippen LogP contribution in [0.4, 0.5) is 0 Å². The van der Waals surface area contributed by atoms with Gasteiger partial charge < -0.3 is 15.1 Å². The van der Waals surface area contributed by atoms with Gasteiger partial charge in [0.2, 0.25) is 5.91 Å². The van der Waals surface area contributed by atoms with Gasteiger partial charge in [0, 0.05) is 7.05 Å². The molecule has 0 spiro atoms. The summed E-state index contributed by atoms with van der Waals surface area (Å²) in [6.07, 6.45) is 0.543. The van der Waals surface area contributed by atoms with Crippen LogP contribution in [0, 0.1) is 6.92 Å². The average Bonchev–Trinajstić information content (AvgIpc) is 2.84. The van der Waals surface area contributed by atoms with Gasteiger partial charge in [-0.3, -0.25) is 4.79 Å². The lowest BCUT2D eigenvalue weighted by Gasteiger charge is -2.20. The number of amides is 1. The highest BCUT2D eigenvalue weighted by atomic mass is 16.3. The maximum absolute atomic E-state index is 12.2. The summed E-state index contributed by atoms with van der Waals surface area (Å²) in [4.78, 5) is 13.8. The highest BCUT2D eigenvalue weighted by Gasteiger charge is 2.19. The third kappa shape index (κ3) is 3.71. The van der Waals surface area contributed by atoms with E-state index in [-0.39, 0.29) is 5.91 Å². The summed E-state index contributed by atoms with van der Waals surface area (Å²) in [6.45, 7) is 2.32. The summed E-state index contributed by atoms with van der Waals surface area (Å²) < 4.78 is 5.47. The molecule has 1 atom stereocenters. The summed E-state index contributed by atoms with van der Waals surface area (Å²) in [5.41, 5.74) is 7.05. The van der Waals surface area contributed by atoms with Gasteiger partial charge in [-0.2, -0.15) is 0 Å². The number of carbonyl (C=O) groups excluding carboxylic acids is 1. The molecule has 0 bridgehead atoms. The van der Waals surface area contributed by atoms with E-state index in [0.717, 1.165) is 17.1 Å². The highest BCUT2D eigenvalue weighted by molar-refractivity contribution is 5.81. The Morgan fingerprint density at radius 2 is 1.95 bits per heavy atom. The maximum Gasteiger partial charge on any atom is 0.239 e. The quantitative estimate of drug-likeness (QED) is 0.907. The fourth-order valence-electron chi connectivity index (χ4n) is 2.12. The molecule has 2 aromatic rings. The molecule has 0 aliphatic carbocycles. The van der Waals surface area contributed by atoms with E-state index in [1.54, 1.807) is 11.9 Å². The van der Waals surface area contributed by atoms with E-state index in [0.29, 0.717) is 13.0 Å². The Morgan fingerprint density at radius 1 is 1.25 bits per heavy atom. The lowest BCUT2D eigenvalue weighted by atomic mass is 10.1. The van der Waals surface area contributed by atoms with Crippen molar-refractivity contribution in [3.63, 3.8) is 0 Å². The highest BCUT2D eigenvalue weighted by Crippen LogP contribution is 2.10. The molecule has 0 saturated heterocycles. The Kier molecular flexibility index (Phi) is 4.58. The van der Waals surface area contributed by atoms with E-state index in [4.69, 9.17) is 10.2 Å². The van der Waals surface area contributed by atoms with Gasteiger partial charge in [0.05, 0.1) is 12.6 Å². The van der Waals surface area contributed by atoms with Gasteiger partial charge in [-0.25, -0.2) is 0 Å². The number of likely N-dealkylation sites (N-methyl/N-ethyl adjacent to an activating group) is 1. The minimum Gasteiger partial charge on any atom is -0.464 e. The Balaban J connectivity index is 1.92. The molecule has 0 unspecified atom stereocenters. The molecule has 106 valence electrons. The first-order chi connectivity index (χ1) is 9.56. The summed E-state index contributed by atoms with van der Waals surface area (Å²) in [5, 5.41) is 0. The molecule has 4 heteroatoms. The van der Waals surface area contributed by atoms with Gasteiger partial charge in [0.1, 0.15) is 11.5 Å². The van der Waals surface area contributed by atoms with Gasteiger partial charge in [-0.15, -0.1) is 0 Å². The Hall–Kier alpha value is -2.07. The summed E-state index contributed by atoms with van der Waals surface area (Å²) in [6, 6.07) is 13.0. The van der Waals surface area contributed by atoms with Crippen molar-refractivity contribution in [1.29, 1.82) is 0 Å². The van der Waals surface area contributed by atoms with Crippen LogP contribution in [0.15, 0.2) is 46.9 Å². The Bertz CT molecular complexity index is 563. The SMILES string of the molecule is Cc1ccc(CN(C)C(=O)[C@H](N)Cc2ccccc2)o1. The maximum atomic E-state index is 12.2. The van der Waals surface area contributed by atoms with Crippen molar-refractivity contribution in [3.05, 3.63) is 59.5 Å². The van der Waals surface area contributed by atoms with Crippen LogP contribution in [0.5, 0.6) is 0 Å². The molecule has 0 aliphatic heterocycles. The first-order valence-electron chi connectivity index (χ1n) is 6.66. The van der Waals surface area contributed by atoms with Gasteiger partial charge >= 0.3 is 0 Å². The number of nitrogens with zero attached hydrogens (tertiary/aromatic N) is 1. The van der Waals surface area contributed by atoms with Crippen LogP contribution in [0.25, 0.3) is 0 Å². The minimum atomic E-state index is -0.529. The molecule has 2 N–H and O–H groups in total. The molecule has 1 aromatic heterocycles. The fraction of sp³-hybridized carbons (Fsp3) is 0.312. The topological polar surface area (TPSA) is 59.5 Å². The van der Waals surface area contributed by atoms with E-state index in [1.165, 1.54) is 0 Å². The Morgan fingerprint density at radius 3 is 2.55 bits per heavy atom. The zero-order valence-electron chi connectivity index (χ0n) is 11.9. The molecular formula is C16H20N2O2. The van der Waals surface area contributed by atoms with Crippen molar-refractivity contribution in [1.82, 2.24) is 4.90 Å². The number of hydrogen-bond acceptors (Lipinski definition) is 3. The second kappa shape index (κ2) is 6.39. The summed E-state index contributed by atoms with van der Waals surface area (Å²) in [7, 11) is 1.74. The predicted molar refractivity (Wildman–Crippen MR) is 78.0 cm³/mol. The van der Waals surface area contributed by atoms with Crippen molar-refractivity contribution in [2.45, 2.75) is 25.9 Å². The minimum absolute atomic E-state index is 0.0806. The number of rotatable bonds is 5. The van der Waals surface area contributed by atoms with Crippen molar-refractivity contribution in [2.24, 2.45) is 5.73 Å². The molecule has 2 rings (SSSR count). The molecule has 1 heterocycles. The second-order valence-electron chi connectivity index (χ2n) is 5.00. The first kappa shape index (κ1) is 14.3. The second-order valence-corrected chi connectivity index (χ2v) is 5.00. The molecule has 0 radical (unpaired) electrons. The fourth-order valence-corrected chi connectivity index (χ4v) is 2.12. The number of carbonyl (C=O) groups is 1. The molecule has 0 saturated carbocycles. The number of benzene rings is 1. The summed E-state index contributed by atoms with van der Waals surface area (Å²) >= 11 is 0. The Labute approximate surface area is 119 Å². The van der Waals surface area contributed by atoms with Crippen LogP contribution in [0.3, 0.4) is 0 Å². The van der Waals surface area contributed by atoms with Gasteiger partial charge in [0.15, 0.2) is 0 Å². The molecule has 0 aliphatic rings. The van der Waals surface area contributed by atoms with E-state index >= 15 is 0 Å². The van der Waals surface area contributed by atoms with Gasteiger partial charge in [-0.1, -0.05) is 30.3 Å². The zero-order chi connectivity index (χ0) is 14.5. The largest absolute Gasteiger partial charge is 0.464 e. The number of nitrogens with two attached hydrogens (primary N) is 1. The van der Waals surface area contributed by atoms with Crippen molar-refractivity contribution in [3.8, 4) is 0 Å². The zero-order valence-corrected chi connectivity index (χ0v) is 11.9. The molecule has 20 heavy (non-hydrogen) atoms. The summed E-state index contributed by atoms with van der Waals surface area (Å²) in [5.74, 6) is 1.53. The number of aryl methyl sites for hydroxylation is 1. The van der Waals surface area contributed by atoms with Crippen LogP contribution >= 0.6 is 0 Å². The molecule has 1 aromatic carbocycles. The first-order valence-corrected chi connectivity index (χ1v) is 6.66. The third-order valence-electron chi connectivity index (χ3n) is 3.18. The van der Waals surface area contributed by atoms with Crippen molar-refractivity contribution >= 4 is 5.91 Å². The van der Waals surface area contributed by atoms with E-state index in [2.05, 4.69) is 0 Å². The molecule has 4 nitrogen and oxygen atoms in total. The molecular weight excluding hydrogens is 252 g/mol. The predicted octanol–water partition coefficient (Wildman–Crippen LogP) is 2.12. The van der Waals surface area contributed by atoms with Gasteiger partial charge in [0.25, 0.3) is 0 Å². The number of hydrogen-bond donors (Lipinski definition) is 1. The van der Waals surface area contributed by atoms with Crippen molar-refractivity contribution < 1.29 is 9.21 Å². The average molecular weight is 272 g/mol. The standard InChI is InChI=1S/C16H20N2O2/c1-12-8-9-14(20-12)11-18(2)16(19)15(17)10-13-6-4-3-5-7-13/h3-9,15H,10-11,17H2,1-2H3/t15-/m1/s1. The monoisotopic (exact) mass is 272 g/mol. The van der Waals surface area contributed by atoms with Crippen LogP contribution in [-0.2, 0) is 17.8 Å². The molecule has 0 fully saturated rings. The van der Waals surface area contributed by atoms with E-state index < -0.39 is 6.04 Å². The smallest absolute Gasteiger partial charge is 0.239 e. The van der Waals surface area contributed by atoms with Crippen LogP contribution < -0.4 is 5.73 Å². The van der Waals surface area contributed by atoms with Crippen LogP contribution in [0.2, 0.25) is 0 Å². The van der Waals surface area contributed by atoms with Crippen molar-refractivity contribution in [2.75, 3.05) is 7.05 Å². The van der Waals surface area contributed by atoms with Crippen LogP contribution in [-0.4, -0.2) is 23.9 Å². The lowest BCUT2D eigenvalue weighted by Crippen LogP contribution is -2.42. The van der Waals surface area contributed by atoms with Gasteiger partial charge in [-0.05, 0) is 31.0 Å². The van der Waals surface area contributed by atoms with Crippen LogP contribution in [0.1, 0.15) is 17.1 Å². The van der Waals surface area contributed by atoms with E-state index in [1.807, 2.05) is 49.4 Å². The molecule has 1 amide bonds. The third-order valence-corrected chi connectivity index (χ3v) is 3.18. The lowest BCUT2D eigenvalue weighted by molar-refractivity contribution is -0.132. The van der Waals surface area contributed by atoms with E-state index in [9.17, 15) is 4.79 Å². The normalized spacial score (nSPS) is 12.2.